The van der Waals surface area contributed by atoms with Crippen LogP contribution in [0.1, 0.15) is 0 Å². The number of hydrogen-bond donors (Lipinski definition) is 0. The summed E-state index contributed by atoms with van der Waals surface area (Å²) in [6.07, 6.45) is 0. The van der Waals surface area contributed by atoms with Crippen molar-refractivity contribution in [1.82, 2.24) is 0 Å². The summed E-state index contributed by atoms with van der Waals surface area (Å²) < 4.78 is 24.1. The molecule has 14 heavy (non-hydrogen) atoms. The molecule has 0 spiro atoms. The van der Waals surface area contributed by atoms with Gasteiger partial charge >= 0.3 is 140 Å². The molecule has 0 heterocycles. The first-order valence-electron chi connectivity index (χ1n) is 1.63. The van der Waals surface area contributed by atoms with E-state index in [1.54, 1.807) is 0 Å². The summed E-state index contributed by atoms with van der Waals surface area (Å²) in [6.45, 7) is 0. The van der Waals surface area contributed by atoms with E-state index in [1.165, 1.54) is 0 Å². The van der Waals surface area contributed by atoms with E-state index in [9.17, 15) is 28.7 Å². The molecule has 0 radical (unpaired) electrons. The summed E-state index contributed by atoms with van der Waals surface area (Å²) in [5.74, 6) is 0. The normalized spacial score (nSPS) is 9.71. The molecule has 0 aromatic carbocycles. The van der Waals surface area contributed by atoms with Crippen LogP contribution in [0.15, 0.2) is 0 Å². The van der Waals surface area contributed by atoms with Crippen molar-refractivity contribution in [2.45, 2.75) is 0 Å². The topological polar surface area (TPSA) is 145 Å². The first kappa shape index (κ1) is 31.2. The second-order valence-corrected chi connectivity index (χ2v) is 3.13. The largest absolute Gasteiger partial charge is 1.00 e. The Bertz CT molecular complexity index is 174. The average molecular weight is 282 g/mol. The Hall–Kier alpha value is 4.69. The van der Waals surface area contributed by atoms with Crippen LogP contribution in [0, 0.1) is 0 Å². The van der Waals surface area contributed by atoms with E-state index in [-0.39, 0.29) is 140 Å². The first-order valence-corrected chi connectivity index (χ1v) is 4.55. The second-order valence-electron chi connectivity index (χ2n) is 1.04. The maximum absolute atomic E-state index is 9.40. The predicted molar refractivity (Wildman–Crippen MR) is 17.4 cm³/mol. The third-order valence-corrected chi connectivity index (χ3v) is 0.848. The molecule has 0 aromatic rings. The predicted octanol–water partition coefficient (Wildman–Crippen LogP) is -15.4. The molecule has 0 rings (SSSR count). The summed E-state index contributed by atoms with van der Waals surface area (Å²) in [6, 6.07) is 0. The molecule has 8 nitrogen and oxygen atoms in total. The van der Waals surface area contributed by atoms with Crippen molar-refractivity contribution in [1.29, 1.82) is 0 Å². The maximum Gasteiger partial charge on any atom is 1.00 e. The molecular weight excluding hydrogens is 282 g/mol. The minimum absolute atomic E-state index is 0. The van der Waals surface area contributed by atoms with Gasteiger partial charge in [-0.3, -0.25) is 0 Å². The molecule has 0 aliphatic rings. The van der Waals surface area contributed by atoms with Crippen molar-refractivity contribution in [2.24, 2.45) is 0 Å². The fourth-order valence-corrected chi connectivity index (χ4v) is 0.735. The Labute approximate surface area is 189 Å². The van der Waals surface area contributed by atoms with Crippen LogP contribution in [0.3, 0.4) is 0 Å². The van der Waals surface area contributed by atoms with E-state index in [1.807, 2.05) is 0 Å². The van der Waals surface area contributed by atoms with Gasteiger partial charge in [0.05, 0.1) is 0 Å². The van der Waals surface area contributed by atoms with Crippen LogP contribution in [0.4, 0.5) is 0 Å². The van der Waals surface area contributed by atoms with Crippen molar-refractivity contribution in [3.63, 3.8) is 0 Å². The Kier molecular flexibility index (Phi) is 31.4. The number of rotatable bonds is 3. The number of phosphoric acid groups is 2. The minimum atomic E-state index is -5.56. The fourth-order valence-electron chi connectivity index (χ4n) is 0.0816. The van der Waals surface area contributed by atoms with E-state index < -0.39 is 15.6 Å². The molecule has 0 fully saturated rings. The van der Waals surface area contributed by atoms with Crippen LogP contribution >= 0.6 is 15.6 Å². The van der Waals surface area contributed by atoms with Gasteiger partial charge in [0.2, 0.25) is 0 Å². The zero-order chi connectivity index (χ0) is 8.41. The van der Waals surface area contributed by atoms with Gasteiger partial charge in [0.15, 0.2) is 0 Å². The minimum Gasteiger partial charge on any atom is -0.788 e. The standard InChI is InChI=1S/2K.2Li.H4O8P2/c;;;;1-9(2,3)7-8-10(4,5)6/h;;;;(H2,1,2,3)(H2,4,5,6)/q4*+1;/p-4. The van der Waals surface area contributed by atoms with Gasteiger partial charge in [0, 0.05) is 0 Å². The molecule has 14 heteroatoms. The Balaban J connectivity index is -0.0000000675. The molecule has 0 amide bonds. The van der Waals surface area contributed by atoms with E-state index >= 15 is 0 Å². The molecule has 0 aromatic heterocycles. The van der Waals surface area contributed by atoms with Gasteiger partial charge in [-0.05, 0) is 0 Å². The molecule has 0 saturated heterocycles. The molecular formula is K2Li2O8P2. The van der Waals surface area contributed by atoms with E-state index in [0.29, 0.717) is 0 Å². The van der Waals surface area contributed by atoms with Crippen LogP contribution in [-0.2, 0) is 18.5 Å². The molecule has 0 aliphatic heterocycles. The maximum atomic E-state index is 9.40. The van der Waals surface area contributed by atoms with Gasteiger partial charge in [-0.1, -0.05) is 0 Å². The average Bonchev–Trinajstić information content (AvgIpc) is 1.57. The molecule has 62 valence electrons. The molecule has 0 saturated carbocycles. The summed E-state index contributed by atoms with van der Waals surface area (Å²) in [7, 11) is -11.1. The van der Waals surface area contributed by atoms with Gasteiger partial charge in [0.1, 0.15) is 15.6 Å². The van der Waals surface area contributed by atoms with Gasteiger partial charge < -0.3 is 28.7 Å². The van der Waals surface area contributed by atoms with Crippen LogP contribution in [-0.4, -0.2) is 0 Å². The van der Waals surface area contributed by atoms with E-state index in [2.05, 4.69) is 9.35 Å². The number of hydrogen-bond acceptors (Lipinski definition) is 8. The van der Waals surface area contributed by atoms with Crippen molar-refractivity contribution < 1.29 is 179 Å². The summed E-state index contributed by atoms with van der Waals surface area (Å²) in [4.78, 5) is 37.6. The smallest absolute Gasteiger partial charge is 0.788 e. The summed E-state index contributed by atoms with van der Waals surface area (Å²) >= 11 is 0. The molecule has 0 bridgehead atoms. The molecule has 0 atom stereocenters. The van der Waals surface area contributed by atoms with E-state index in [0.717, 1.165) is 0 Å². The van der Waals surface area contributed by atoms with Gasteiger partial charge in [-0.2, -0.15) is 0 Å². The van der Waals surface area contributed by atoms with Crippen LogP contribution < -0.4 is 160 Å². The van der Waals surface area contributed by atoms with Crippen molar-refractivity contribution in [3.8, 4) is 0 Å². The zero-order valence-corrected chi connectivity index (χ0v) is 16.2. The van der Waals surface area contributed by atoms with Crippen LogP contribution in [0.25, 0.3) is 0 Å². The quantitative estimate of drug-likeness (QED) is 0.215. The second kappa shape index (κ2) is 14.1. The van der Waals surface area contributed by atoms with Gasteiger partial charge in [-0.15, -0.1) is 0 Å². The first-order chi connectivity index (χ1) is 4.21. The monoisotopic (exact) mass is 282 g/mol. The summed E-state index contributed by atoms with van der Waals surface area (Å²) in [5.41, 5.74) is 0. The Morgan fingerprint density at radius 1 is 0.714 bits per heavy atom. The molecule has 0 unspecified atom stereocenters. The Morgan fingerprint density at radius 2 is 0.857 bits per heavy atom. The molecule has 0 aliphatic carbocycles. The van der Waals surface area contributed by atoms with Crippen molar-refractivity contribution in [3.05, 3.63) is 0 Å². The van der Waals surface area contributed by atoms with Gasteiger partial charge in [0.25, 0.3) is 0 Å². The van der Waals surface area contributed by atoms with Gasteiger partial charge in [-0.25, -0.2) is 9.35 Å². The zero-order valence-electron chi connectivity index (χ0n) is 8.16. The van der Waals surface area contributed by atoms with Crippen molar-refractivity contribution >= 4 is 15.6 Å². The summed E-state index contributed by atoms with van der Waals surface area (Å²) in [5, 5.41) is 0. The third kappa shape index (κ3) is 30.1. The van der Waals surface area contributed by atoms with Crippen molar-refractivity contribution in [2.75, 3.05) is 0 Å². The van der Waals surface area contributed by atoms with E-state index in [4.69, 9.17) is 0 Å². The fraction of sp³-hybridized carbons (Fsp3) is 0. The third-order valence-electron chi connectivity index (χ3n) is 0.216. The van der Waals surface area contributed by atoms with Crippen LogP contribution in [0.2, 0.25) is 0 Å². The van der Waals surface area contributed by atoms with Crippen LogP contribution in [0.5, 0.6) is 0 Å². The SMILES string of the molecule is O=P([O-])([O-])OOP(=O)([O-])[O-].[K+].[K+].[Li+].[Li+]. The Morgan fingerprint density at radius 3 is 0.929 bits per heavy atom. The molecule has 0 N–H and O–H groups in total.